The average molecular weight is 411 g/mol. The minimum absolute atomic E-state index is 0.385. The summed E-state index contributed by atoms with van der Waals surface area (Å²) in [5, 5.41) is 2.80. The van der Waals surface area contributed by atoms with Gasteiger partial charge in [0.1, 0.15) is 0 Å². The largest absolute Gasteiger partial charge is 0.493 e. The van der Waals surface area contributed by atoms with Gasteiger partial charge in [0.15, 0.2) is 17.6 Å². The number of hydrogen-bond donors (Lipinski definition) is 1. The molecule has 6 heteroatoms. The van der Waals surface area contributed by atoms with Gasteiger partial charge in [-0.3, -0.25) is 4.79 Å². The number of aryl methyl sites for hydroxylation is 2. The minimum Gasteiger partial charge on any atom is -0.493 e. The van der Waals surface area contributed by atoms with Crippen molar-refractivity contribution in [2.45, 2.75) is 40.2 Å². The van der Waals surface area contributed by atoms with Crippen molar-refractivity contribution < 1.29 is 23.8 Å². The van der Waals surface area contributed by atoms with Crippen LogP contribution in [0.4, 0.5) is 5.69 Å². The fourth-order valence-corrected chi connectivity index (χ4v) is 2.66. The number of benzene rings is 2. The van der Waals surface area contributed by atoms with Crippen LogP contribution in [0, 0.1) is 13.8 Å². The molecule has 2 rings (SSSR count). The Labute approximate surface area is 177 Å². The second kappa shape index (κ2) is 11.0. The number of amides is 1. The minimum atomic E-state index is -0.929. The van der Waals surface area contributed by atoms with E-state index in [0.717, 1.165) is 23.1 Å². The van der Waals surface area contributed by atoms with Crippen molar-refractivity contribution >= 4 is 23.6 Å². The number of carbonyl (C=O) groups is 2. The Hall–Kier alpha value is -3.28. The molecule has 0 fully saturated rings. The van der Waals surface area contributed by atoms with Crippen LogP contribution in [0.1, 0.15) is 37.0 Å². The van der Waals surface area contributed by atoms with Gasteiger partial charge < -0.3 is 19.5 Å². The normalized spacial score (nSPS) is 11.8. The highest BCUT2D eigenvalue weighted by atomic mass is 16.5. The number of nitrogens with one attached hydrogen (secondary N) is 1. The summed E-state index contributed by atoms with van der Waals surface area (Å²) in [7, 11) is 1.56. The van der Waals surface area contributed by atoms with Gasteiger partial charge in [0.2, 0.25) is 0 Å². The molecule has 0 unspecified atom stereocenters. The molecular weight excluding hydrogens is 382 g/mol. The Balaban J connectivity index is 1.96. The van der Waals surface area contributed by atoms with Crippen molar-refractivity contribution in [1.82, 2.24) is 0 Å². The standard InChI is InChI=1S/C24H29NO5/c1-6-13-29-21-11-9-19(15-22(21)28-5)10-12-23(26)30-18(4)24(27)25-20-14-16(2)7-8-17(20)3/h7-12,14-15,18H,6,13H2,1-5H3,(H,25,27)/b12-10+/t18-/m1/s1. The molecule has 0 aliphatic carbocycles. The third-order valence-corrected chi connectivity index (χ3v) is 4.37. The molecule has 0 bridgehead atoms. The molecule has 160 valence electrons. The SMILES string of the molecule is CCCOc1ccc(/C=C/C(=O)O[C@H](C)C(=O)Nc2cc(C)ccc2C)cc1OC. The average Bonchev–Trinajstić information content (AvgIpc) is 2.73. The lowest BCUT2D eigenvalue weighted by Crippen LogP contribution is -2.29. The Morgan fingerprint density at radius 3 is 2.57 bits per heavy atom. The Bertz CT molecular complexity index is 920. The van der Waals surface area contributed by atoms with E-state index in [9.17, 15) is 9.59 Å². The maximum Gasteiger partial charge on any atom is 0.331 e. The number of esters is 1. The third-order valence-electron chi connectivity index (χ3n) is 4.37. The van der Waals surface area contributed by atoms with Crippen LogP contribution in [0.3, 0.4) is 0 Å². The van der Waals surface area contributed by atoms with Gasteiger partial charge in [0, 0.05) is 11.8 Å². The van der Waals surface area contributed by atoms with Crippen molar-refractivity contribution in [3.8, 4) is 11.5 Å². The van der Waals surface area contributed by atoms with Gasteiger partial charge in [0.05, 0.1) is 13.7 Å². The van der Waals surface area contributed by atoms with E-state index in [4.69, 9.17) is 14.2 Å². The monoisotopic (exact) mass is 411 g/mol. The van der Waals surface area contributed by atoms with E-state index in [1.807, 2.05) is 45.0 Å². The first kappa shape index (κ1) is 23.0. The first-order valence-electron chi connectivity index (χ1n) is 9.91. The molecule has 6 nitrogen and oxygen atoms in total. The quantitative estimate of drug-likeness (QED) is 0.479. The second-order valence-corrected chi connectivity index (χ2v) is 6.98. The van der Waals surface area contributed by atoms with Gasteiger partial charge in [-0.1, -0.05) is 25.1 Å². The molecule has 2 aromatic carbocycles. The van der Waals surface area contributed by atoms with Gasteiger partial charge in [-0.05, 0) is 68.2 Å². The molecule has 2 aromatic rings. The van der Waals surface area contributed by atoms with Crippen LogP contribution in [0.2, 0.25) is 0 Å². The molecule has 0 heterocycles. The molecule has 1 N–H and O–H groups in total. The summed E-state index contributed by atoms with van der Waals surface area (Å²) in [6, 6.07) is 11.1. The molecule has 1 amide bonds. The zero-order valence-electron chi connectivity index (χ0n) is 18.2. The number of hydrogen-bond acceptors (Lipinski definition) is 5. The maximum atomic E-state index is 12.4. The lowest BCUT2D eigenvalue weighted by Gasteiger charge is -2.14. The zero-order valence-corrected chi connectivity index (χ0v) is 18.2. The number of rotatable bonds is 9. The molecule has 0 spiro atoms. The Morgan fingerprint density at radius 2 is 1.87 bits per heavy atom. The molecule has 0 aliphatic heterocycles. The number of carbonyl (C=O) groups excluding carboxylic acids is 2. The van der Waals surface area contributed by atoms with E-state index in [2.05, 4.69) is 5.32 Å². The Kier molecular flexibility index (Phi) is 8.47. The summed E-state index contributed by atoms with van der Waals surface area (Å²) in [4.78, 5) is 24.5. The molecule has 0 radical (unpaired) electrons. The van der Waals surface area contributed by atoms with Crippen molar-refractivity contribution in [3.63, 3.8) is 0 Å². The van der Waals surface area contributed by atoms with Gasteiger partial charge in [-0.2, -0.15) is 0 Å². The van der Waals surface area contributed by atoms with Gasteiger partial charge in [-0.15, -0.1) is 0 Å². The summed E-state index contributed by atoms with van der Waals surface area (Å²) < 4.78 is 16.2. The molecule has 30 heavy (non-hydrogen) atoms. The number of methoxy groups -OCH3 is 1. The van der Waals surface area contributed by atoms with Gasteiger partial charge in [-0.25, -0.2) is 4.79 Å². The van der Waals surface area contributed by atoms with Crippen LogP contribution < -0.4 is 14.8 Å². The summed E-state index contributed by atoms with van der Waals surface area (Å²) in [6.45, 7) is 8.01. The topological polar surface area (TPSA) is 73.9 Å². The van der Waals surface area contributed by atoms with E-state index in [1.165, 1.54) is 13.0 Å². The highest BCUT2D eigenvalue weighted by Gasteiger charge is 2.17. The third kappa shape index (κ3) is 6.65. The van der Waals surface area contributed by atoms with Crippen molar-refractivity contribution in [2.75, 3.05) is 19.0 Å². The van der Waals surface area contributed by atoms with Crippen LogP contribution in [0.5, 0.6) is 11.5 Å². The highest BCUT2D eigenvalue weighted by molar-refractivity contribution is 5.97. The lowest BCUT2D eigenvalue weighted by atomic mass is 10.1. The number of ether oxygens (including phenoxy) is 3. The van der Waals surface area contributed by atoms with E-state index in [1.54, 1.807) is 25.3 Å². The maximum absolute atomic E-state index is 12.4. The highest BCUT2D eigenvalue weighted by Crippen LogP contribution is 2.28. The predicted molar refractivity (Wildman–Crippen MR) is 118 cm³/mol. The van der Waals surface area contributed by atoms with Crippen LogP contribution >= 0.6 is 0 Å². The second-order valence-electron chi connectivity index (χ2n) is 6.98. The zero-order chi connectivity index (χ0) is 22.1. The Morgan fingerprint density at radius 1 is 1.10 bits per heavy atom. The van der Waals surface area contributed by atoms with E-state index in [0.29, 0.717) is 23.8 Å². The van der Waals surface area contributed by atoms with Crippen LogP contribution in [-0.2, 0) is 14.3 Å². The van der Waals surface area contributed by atoms with Crippen molar-refractivity contribution in [1.29, 1.82) is 0 Å². The van der Waals surface area contributed by atoms with Crippen molar-refractivity contribution in [3.05, 3.63) is 59.2 Å². The first-order chi connectivity index (χ1) is 14.3. The van der Waals surface area contributed by atoms with E-state index in [-0.39, 0.29) is 5.91 Å². The van der Waals surface area contributed by atoms with Crippen LogP contribution in [0.15, 0.2) is 42.5 Å². The van der Waals surface area contributed by atoms with E-state index >= 15 is 0 Å². The first-order valence-corrected chi connectivity index (χ1v) is 9.91. The fraction of sp³-hybridized carbons (Fsp3) is 0.333. The summed E-state index contributed by atoms with van der Waals surface area (Å²) in [6.07, 6.45) is 2.85. The summed E-state index contributed by atoms with van der Waals surface area (Å²) >= 11 is 0. The molecule has 0 aliphatic rings. The fourth-order valence-electron chi connectivity index (χ4n) is 2.66. The molecule has 0 aromatic heterocycles. The predicted octanol–water partition coefficient (Wildman–Crippen LogP) is 4.68. The van der Waals surface area contributed by atoms with Crippen molar-refractivity contribution in [2.24, 2.45) is 0 Å². The summed E-state index contributed by atoms with van der Waals surface area (Å²) in [5.74, 6) is 0.240. The van der Waals surface area contributed by atoms with Gasteiger partial charge >= 0.3 is 5.97 Å². The van der Waals surface area contributed by atoms with Crippen LogP contribution in [0.25, 0.3) is 6.08 Å². The van der Waals surface area contributed by atoms with Gasteiger partial charge in [0.25, 0.3) is 5.91 Å². The molecule has 0 saturated heterocycles. The summed E-state index contributed by atoms with van der Waals surface area (Å²) in [5.41, 5.74) is 3.42. The number of anilines is 1. The molecular formula is C24H29NO5. The molecule has 1 atom stereocenters. The van der Waals surface area contributed by atoms with Crippen LogP contribution in [-0.4, -0.2) is 31.7 Å². The molecule has 0 saturated carbocycles. The van der Waals surface area contributed by atoms with E-state index < -0.39 is 12.1 Å². The lowest BCUT2D eigenvalue weighted by molar-refractivity contribution is -0.148. The smallest absolute Gasteiger partial charge is 0.331 e.